The first-order chi connectivity index (χ1) is 8.74. The van der Waals surface area contributed by atoms with Crippen molar-refractivity contribution >= 4 is 17.3 Å². The molecule has 1 aromatic carbocycles. The Morgan fingerprint density at radius 1 is 1.32 bits per heavy atom. The van der Waals surface area contributed by atoms with Crippen LogP contribution in [0.5, 0.6) is 0 Å². The summed E-state index contributed by atoms with van der Waals surface area (Å²) in [7, 11) is 0. The van der Waals surface area contributed by atoms with E-state index in [2.05, 4.69) is 5.32 Å². The van der Waals surface area contributed by atoms with Gasteiger partial charge in [-0.1, -0.05) is 11.6 Å². The number of alkyl halides is 3. The predicted octanol–water partition coefficient (Wildman–Crippen LogP) is 3.90. The standard InChI is InChI=1S/C13H16ClF3N2/c1-12(7-18,8-2-3-8)19-11-5-9(13(15,16)17)4-10(14)6-11/h4-6,8,19H,2-3,7,18H2,1H3. The topological polar surface area (TPSA) is 38.0 Å². The van der Waals surface area contributed by atoms with Crippen molar-refractivity contribution < 1.29 is 13.2 Å². The molecule has 6 heteroatoms. The van der Waals surface area contributed by atoms with Crippen molar-refractivity contribution in [1.29, 1.82) is 0 Å². The molecule has 2 nitrogen and oxygen atoms in total. The quantitative estimate of drug-likeness (QED) is 0.883. The second-order valence-electron chi connectivity index (χ2n) is 5.25. The van der Waals surface area contributed by atoms with Gasteiger partial charge in [-0.15, -0.1) is 0 Å². The highest BCUT2D eigenvalue weighted by Crippen LogP contribution is 2.42. The van der Waals surface area contributed by atoms with E-state index in [0.29, 0.717) is 18.2 Å². The molecule has 3 N–H and O–H groups in total. The number of nitrogens with two attached hydrogens (primary N) is 1. The van der Waals surface area contributed by atoms with Gasteiger partial charge in [0.05, 0.1) is 5.56 Å². The highest BCUT2D eigenvalue weighted by molar-refractivity contribution is 6.30. The summed E-state index contributed by atoms with van der Waals surface area (Å²) in [4.78, 5) is 0. The highest BCUT2D eigenvalue weighted by atomic mass is 35.5. The Labute approximate surface area is 115 Å². The molecule has 1 fully saturated rings. The van der Waals surface area contributed by atoms with Crippen LogP contribution in [0, 0.1) is 5.92 Å². The zero-order valence-electron chi connectivity index (χ0n) is 10.5. The lowest BCUT2D eigenvalue weighted by Crippen LogP contribution is -2.44. The fraction of sp³-hybridized carbons (Fsp3) is 0.538. The minimum atomic E-state index is -4.40. The molecule has 1 aromatic rings. The zero-order valence-corrected chi connectivity index (χ0v) is 11.3. The number of hydrogen-bond acceptors (Lipinski definition) is 2. The molecule has 0 bridgehead atoms. The normalized spacial score (nSPS) is 19.1. The highest BCUT2D eigenvalue weighted by Gasteiger charge is 2.41. The lowest BCUT2D eigenvalue weighted by molar-refractivity contribution is -0.137. The van der Waals surface area contributed by atoms with Crippen molar-refractivity contribution in [3.8, 4) is 0 Å². The molecule has 1 atom stereocenters. The number of benzene rings is 1. The van der Waals surface area contributed by atoms with E-state index in [1.807, 2.05) is 6.92 Å². The van der Waals surface area contributed by atoms with Crippen molar-refractivity contribution in [1.82, 2.24) is 0 Å². The Morgan fingerprint density at radius 3 is 2.42 bits per heavy atom. The van der Waals surface area contributed by atoms with Crippen molar-refractivity contribution in [2.24, 2.45) is 11.7 Å². The van der Waals surface area contributed by atoms with Crippen LogP contribution in [0.3, 0.4) is 0 Å². The summed E-state index contributed by atoms with van der Waals surface area (Å²) in [6.07, 6.45) is -2.30. The van der Waals surface area contributed by atoms with Gasteiger partial charge in [0, 0.05) is 22.8 Å². The summed E-state index contributed by atoms with van der Waals surface area (Å²) in [5.41, 5.74) is 4.97. The Kier molecular flexibility index (Phi) is 3.71. The minimum absolute atomic E-state index is 0.0625. The maximum atomic E-state index is 12.7. The molecule has 0 amide bonds. The van der Waals surface area contributed by atoms with Crippen molar-refractivity contribution in [2.45, 2.75) is 31.5 Å². The average molecular weight is 293 g/mol. The van der Waals surface area contributed by atoms with Gasteiger partial charge in [-0.2, -0.15) is 13.2 Å². The Morgan fingerprint density at radius 2 is 1.95 bits per heavy atom. The summed E-state index contributed by atoms with van der Waals surface area (Å²) >= 11 is 5.75. The largest absolute Gasteiger partial charge is 0.416 e. The van der Waals surface area contributed by atoms with E-state index in [0.717, 1.165) is 25.0 Å². The molecule has 0 spiro atoms. The SMILES string of the molecule is CC(CN)(Nc1cc(Cl)cc(C(F)(F)F)c1)C1CC1. The molecule has 0 aliphatic heterocycles. The van der Waals surface area contributed by atoms with Crippen LogP contribution < -0.4 is 11.1 Å². The van der Waals surface area contributed by atoms with Gasteiger partial charge in [-0.25, -0.2) is 0 Å². The van der Waals surface area contributed by atoms with Crippen LogP contribution >= 0.6 is 11.6 Å². The van der Waals surface area contributed by atoms with Crippen LogP contribution in [0.25, 0.3) is 0 Å². The molecule has 0 saturated heterocycles. The third-order valence-electron chi connectivity index (χ3n) is 3.56. The molecule has 0 aromatic heterocycles. The van der Waals surface area contributed by atoms with E-state index in [1.165, 1.54) is 6.07 Å². The summed E-state index contributed by atoms with van der Waals surface area (Å²) in [5, 5.41) is 3.17. The maximum absolute atomic E-state index is 12.7. The third-order valence-corrected chi connectivity index (χ3v) is 3.78. The fourth-order valence-electron chi connectivity index (χ4n) is 2.20. The number of rotatable bonds is 4. The van der Waals surface area contributed by atoms with Gasteiger partial charge >= 0.3 is 6.18 Å². The van der Waals surface area contributed by atoms with Gasteiger partial charge in [0.1, 0.15) is 0 Å². The van der Waals surface area contributed by atoms with E-state index in [9.17, 15) is 13.2 Å². The molecular weight excluding hydrogens is 277 g/mol. The first kappa shape index (κ1) is 14.5. The van der Waals surface area contributed by atoms with E-state index >= 15 is 0 Å². The van der Waals surface area contributed by atoms with E-state index < -0.39 is 11.7 Å². The van der Waals surface area contributed by atoms with Crippen LogP contribution in [0.4, 0.5) is 18.9 Å². The second kappa shape index (κ2) is 4.87. The lowest BCUT2D eigenvalue weighted by atomic mass is 9.95. The zero-order chi connectivity index (χ0) is 14.3. The summed E-state index contributed by atoms with van der Waals surface area (Å²) < 4.78 is 38.2. The first-order valence-electron chi connectivity index (χ1n) is 6.10. The maximum Gasteiger partial charge on any atom is 0.416 e. The van der Waals surface area contributed by atoms with Crippen LogP contribution in [-0.2, 0) is 6.18 Å². The van der Waals surface area contributed by atoms with Gasteiger partial charge in [-0.3, -0.25) is 0 Å². The molecule has 19 heavy (non-hydrogen) atoms. The fourth-order valence-corrected chi connectivity index (χ4v) is 2.43. The molecule has 1 unspecified atom stereocenters. The van der Waals surface area contributed by atoms with Gasteiger partial charge in [-0.05, 0) is 43.9 Å². The van der Waals surface area contributed by atoms with Gasteiger partial charge < -0.3 is 11.1 Å². The molecular formula is C13H16ClF3N2. The van der Waals surface area contributed by atoms with Crippen molar-refractivity contribution in [3.63, 3.8) is 0 Å². The van der Waals surface area contributed by atoms with E-state index in [1.54, 1.807) is 0 Å². The second-order valence-corrected chi connectivity index (χ2v) is 5.68. The van der Waals surface area contributed by atoms with Gasteiger partial charge in [0.25, 0.3) is 0 Å². The van der Waals surface area contributed by atoms with Gasteiger partial charge in [0.2, 0.25) is 0 Å². The molecule has 1 saturated carbocycles. The average Bonchev–Trinajstić information content (AvgIpc) is 3.10. The van der Waals surface area contributed by atoms with Crippen LogP contribution in [0.15, 0.2) is 18.2 Å². The number of nitrogens with one attached hydrogen (secondary N) is 1. The number of halogens is 4. The Balaban J connectivity index is 2.27. The Bertz CT molecular complexity index is 471. The monoisotopic (exact) mass is 292 g/mol. The molecule has 1 aliphatic carbocycles. The minimum Gasteiger partial charge on any atom is -0.378 e. The van der Waals surface area contributed by atoms with E-state index in [-0.39, 0.29) is 10.6 Å². The number of anilines is 1. The first-order valence-corrected chi connectivity index (χ1v) is 6.48. The lowest BCUT2D eigenvalue weighted by Gasteiger charge is -2.31. The predicted molar refractivity (Wildman–Crippen MR) is 70.3 cm³/mol. The van der Waals surface area contributed by atoms with Gasteiger partial charge in [0.15, 0.2) is 0 Å². The third kappa shape index (κ3) is 3.34. The van der Waals surface area contributed by atoms with Crippen LogP contribution in [0.1, 0.15) is 25.3 Å². The smallest absolute Gasteiger partial charge is 0.378 e. The van der Waals surface area contributed by atoms with Crippen molar-refractivity contribution in [2.75, 3.05) is 11.9 Å². The van der Waals surface area contributed by atoms with Crippen LogP contribution in [-0.4, -0.2) is 12.1 Å². The summed E-state index contributed by atoms with van der Waals surface area (Å²) in [5.74, 6) is 0.408. The van der Waals surface area contributed by atoms with Crippen LogP contribution in [0.2, 0.25) is 5.02 Å². The summed E-state index contributed by atoms with van der Waals surface area (Å²) in [6, 6.07) is 3.49. The molecule has 0 radical (unpaired) electrons. The van der Waals surface area contributed by atoms with E-state index in [4.69, 9.17) is 17.3 Å². The Hall–Kier alpha value is -0.940. The molecule has 2 rings (SSSR count). The molecule has 106 valence electrons. The molecule has 1 aliphatic rings. The molecule has 0 heterocycles. The van der Waals surface area contributed by atoms with Crippen molar-refractivity contribution in [3.05, 3.63) is 28.8 Å². The number of hydrogen-bond donors (Lipinski definition) is 2. The summed E-state index contributed by atoms with van der Waals surface area (Å²) in [6.45, 7) is 2.30.